The zero-order valence-electron chi connectivity index (χ0n) is 11.9. The molecule has 20 heavy (non-hydrogen) atoms. The summed E-state index contributed by atoms with van der Waals surface area (Å²) in [5, 5.41) is 5.44. The Morgan fingerprint density at radius 3 is 2.80 bits per heavy atom. The lowest BCUT2D eigenvalue weighted by molar-refractivity contribution is -0.130. The molecular formula is C14H21N3O3. The zero-order chi connectivity index (χ0) is 14.1. The molecule has 0 aromatic rings. The van der Waals surface area contributed by atoms with Crippen LogP contribution in [0.15, 0.2) is 5.10 Å². The highest BCUT2D eigenvalue weighted by Gasteiger charge is 2.37. The van der Waals surface area contributed by atoms with Gasteiger partial charge in [0.25, 0.3) is 5.91 Å². The first-order chi connectivity index (χ1) is 9.65. The Morgan fingerprint density at radius 1 is 1.40 bits per heavy atom. The Bertz CT molecular complexity index is 439. The first kappa shape index (κ1) is 13.5. The van der Waals surface area contributed by atoms with Crippen LogP contribution in [-0.4, -0.2) is 60.3 Å². The molecule has 0 aromatic heterocycles. The topological polar surface area (TPSA) is 62.2 Å². The van der Waals surface area contributed by atoms with E-state index in [0.717, 1.165) is 39.0 Å². The van der Waals surface area contributed by atoms with Gasteiger partial charge in [0.05, 0.1) is 6.61 Å². The first-order valence-corrected chi connectivity index (χ1v) is 7.38. The van der Waals surface area contributed by atoms with Gasteiger partial charge in [0.1, 0.15) is 5.71 Å². The van der Waals surface area contributed by atoms with Crippen molar-refractivity contribution in [1.82, 2.24) is 9.91 Å². The number of hydrogen-bond donors (Lipinski definition) is 0. The minimum atomic E-state index is -0.0243. The second-order valence-corrected chi connectivity index (χ2v) is 5.88. The molecule has 2 heterocycles. The van der Waals surface area contributed by atoms with Crippen LogP contribution < -0.4 is 0 Å². The smallest absolute Gasteiger partial charge is 0.270 e. The van der Waals surface area contributed by atoms with E-state index >= 15 is 0 Å². The van der Waals surface area contributed by atoms with Crippen LogP contribution in [0.5, 0.6) is 0 Å². The van der Waals surface area contributed by atoms with Gasteiger partial charge in [-0.05, 0) is 19.3 Å². The van der Waals surface area contributed by atoms with E-state index in [4.69, 9.17) is 4.74 Å². The van der Waals surface area contributed by atoms with Crippen LogP contribution in [0.2, 0.25) is 0 Å². The number of ether oxygens (including phenoxy) is 1. The van der Waals surface area contributed by atoms with E-state index in [1.807, 2.05) is 4.90 Å². The van der Waals surface area contributed by atoms with Gasteiger partial charge in [-0.15, -0.1) is 0 Å². The summed E-state index contributed by atoms with van der Waals surface area (Å²) in [6.45, 7) is 2.32. The Balaban J connectivity index is 1.69. The van der Waals surface area contributed by atoms with E-state index in [9.17, 15) is 9.59 Å². The molecule has 0 N–H and O–H groups in total. The fourth-order valence-electron chi connectivity index (χ4n) is 2.78. The van der Waals surface area contributed by atoms with Crippen molar-refractivity contribution in [2.24, 2.45) is 11.0 Å². The van der Waals surface area contributed by atoms with Crippen LogP contribution in [-0.2, 0) is 14.3 Å². The van der Waals surface area contributed by atoms with Gasteiger partial charge in [-0.1, -0.05) is 0 Å². The monoisotopic (exact) mass is 279 g/mol. The molecule has 1 atom stereocenters. The van der Waals surface area contributed by atoms with Crippen molar-refractivity contribution >= 4 is 17.5 Å². The quantitative estimate of drug-likeness (QED) is 0.758. The summed E-state index contributed by atoms with van der Waals surface area (Å²) in [6, 6.07) is 0.369. The number of hydrazone groups is 1. The van der Waals surface area contributed by atoms with E-state index in [2.05, 4.69) is 5.10 Å². The fraction of sp³-hybridized carbons (Fsp3) is 0.786. The van der Waals surface area contributed by atoms with Crippen molar-refractivity contribution in [2.45, 2.75) is 38.1 Å². The Hall–Kier alpha value is -1.43. The van der Waals surface area contributed by atoms with E-state index in [1.165, 1.54) is 5.01 Å². The van der Waals surface area contributed by atoms with Gasteiger partial charge in [0, 0.05) is 45.0 Å². The zero-order valence-corrected chi connectivity index (χ0v) is 11.9. The van der Waals surface area contributed by atoms with Gasteiger partial charge in [-0.25, -0.2) is 5.01 Å². The van der Waals surface area contributed by atoms with Crippen LogP contribution in [0, 0.1) is 5.92 Å². The Morgan fingerprint density at radius 2 is 2.20 bits per heavy atom. The lowest BCUT2D eigenvalue weighted by Crippen LogP contribution is -2.44. The summed E-state index contributed by atoms with van der Waals surface area (Å²) in [7, 11) is 1.61. The van der Waals surface area contributed by atoms with Gasteiger partial charge in [-0.3, -0.25) is 9.59 Å². The molecule has 1 saturated carbocycles. The maximum Gasteiger partial charge on any atom is 0.270 e. The van der Waals surface area contributed by atoms with Crippen LogP contribution in [0.25, 0.3) is 0 Å². The normalized spacial score (nSPS) is 26.6. The lowest BCUT2D eigenvalue weighted by Gasteiger charge is -2.27. The molecule has 1 aliphatic carbocycles. The minimum absolute atomic E-state index is 0.0127. The van der Waals surface area contributed by atoms with Gasteiger partial charge < -0.3 is 9.64 Å². The predicted octanol–water partition coefficient (Wildman–Crippen LogP) is 0.622. The number of rotatable bonds is 4. The van der Waals surface area contributed by atoms with Crippen LogP contribution >= 0.6 is 0 Å². The maximum absolute atomic E-state index is 12.6. The van der Waals surface area contributed by atoms with Crippen LogP contribution in [0.3, 0.4) is 0 Å². The highest BCUT2D eigenvalue weighted by atomic mass is 16.5. The molecule has 0 spiro atoms. The third-order valence-electron chi connectivity index (χ3n) is 4.18. The predicted molar refractivity (Wildman–Crippen MR) is 73.1 cm³/mol. The van der Waals surface area contributed by atoms with E-state index in [1.54, 1.807) is 7.05 Å². The Kier molecular flexibility index (Phi) is 3.74. The average Bonchev–Trinajstić information content (AvgIpc) is 3.15. The van der Waals surface area contributed by atoms with Gasteiger partial charge >= 0.3 is 0 Å². The molecule has 6 heteroatoms. The number of nitrogens with zero attached hydrogens (tertiary/aromatic N) is 3. The summed E-state index contributed by atoms with van der Waals surface area (Å²) >= 11 is 0. The molecule has 6 nitrogen and oxygen atoms in total. The molecular weight excluding hydrogens is 258 g/mol. The van der Waals surface area contributed by atoms with Crippen LogP contribution in [0.1, 0.15) is 32.1 Å². The minimum Gasteiger partial charge on any atom is -0.381 e. The number of hydrogen-bond acceptors (Lipinski definition) is 4. The molecule has 110 valence electrons. The summed E-state index contributed by atoms with van der Waals surface area (Å²) < 4.78 is 5.39. The van der Waals surface area contributed by atoms with Gasteiger partial charge in [-0.2, -0.15) is 5.10 Å². The summed E-state index contributed by atoms with van der Waals surface area (Å²) in [5.41, 5.74) is 0.526. The lowest BCUT2D eigenvalue weighted by atomic mass is 10.1. The van der Waals surface area contributed by atoms with E-state index in [0.29, 0.717) is 30.5 Å². The standard InChI is InChI=1S/C14H21N3O3/c1-16-13(18)5-4-12(15-16)14(19)17(11-2-3-11)8-10-6-7-20-9-10/h10-11H,2-9H2,1H3/t10-/m1/s1. The van der Waals surface area contributed by atoms with Gasteiger partial charge in [0.15, 0.2) is 0 Å². The van der Waals surface area contributed by atoms with Crippen molar-refractivity contribution in [1.29, 1.82) is 0 Å². The number of amides is 2. The van der Waals surface area contributed by atoms with E-state index < -0.39 is 0 Å². The summed E-state index contributed by atoms with van der Waals surface area (Å²) in [5.74, 6) is 0.436. The molecule has 2 amide bonds. The third-order valence-corrected chi connectivity index (χ3v) is 4.18. The fourth-order valence-corrected chi connectivity index (χ4v) is 2.78. The molecule has 0 aromatic carbocycles. The largest absolute Gasteiger partial charge is 0.381 e. The Labute approximate surface area is 118 Å². The summed E-state index contributed by atoms with van der Waals surface area (Å²) in [4.78, 5) is 26.0. The van der Waals surface area contributed by atoms with Crippen LogP contribution in [0.4, 0.5) is 0 Å². The average molecular weight is 279 g/mol. The highest BCUT2D eigenvalue weighted by Crippen LogP contribution is 2.29. The highest BCUT2D eigenvalue weighted by molar-refractivity contribution is 6.39. The maximum atomic E-state index is 12.6. The molecule has 2 aliphatic heterocycles. The SMILES string of the molecule is CN1N=C(C(=O)N(C[C@H]2CCOC2)C2CC2)CCC1=O. The van der Waals surface area contributed by atoms with Crippen molar-refractivity contribution in [2.75, 3.05) is 26.8 Å². The second kappa shape index (κ2) is 5.52. The third kappa shape index (κ3) is 2.85. The molecule has 0 bridgehead atoms. The molecule has 0 radical (unpaired) electrons. The molecule has 3 aliphatic rings. The molecule has 1 saturated heterocycles. The molecule has 2 fully saturated rings. The summed E-state index contributed by atoms with van der Waals surface area (Å²) in [6.07, 6.45) is 4.04. The van der Waals surface area contributed by atoms with Crippen molar-refractivity contribution in [3.05, 3.63) is 0 Å². The van der Waals surface area contributed by atoms with Crippen molar-refractivity contribution < 1.29 is 14.3 Å². The number of carbonyl (C=O) groups excluding carboxylic acids is 2. The van der Waals surface area contributed by atoms with Crippen molar-refractivity contribution in [3.63, 3.8) is 0 Å². The van der Waals surface area contributed by atoms with Crippen molar-refractivity contribution in [3.8, 4) is 0 Å². The van der Waals surface area contributed by atoms with Gasteiger partial charge in [0.2, 0.25) is 5.91 Å². The molecule has 0 unspecified atom stereocenters. The first-order valence-electron chi connectivity index (χ1n) is 7.38. The second-order valence-electron chi connectivity index (χ2n) is 5.88. The van der Waals surface area contributed by atoms with E-state index in [-0.39, 0.29) is 11.8 Å². The number of carbonyl (C=O) groups is 2. The molecule has 3 rings (SSSR count).